The van der Waals surface area contributed by atoms with Crippen molar-refractivity contribution in [3.05, 3.63) is 29.7 Å². The summed E-state index contributed by atoms with van der Waals surface area (Å²) < 4.78 is 41.8. The number of nitrogens with two attached hydrogens (primary N) is 1. The average molecular weight is 450 g/mol. The van der Waals surface area contributed by atoms with Crippen LogP contribution in [-0.4, -0.2) is 54.7 Å². The zero-order chi connectivity index (χ0) is 22.8. The zero-order valence-electron chi connectivity index (χ0n) is 18.1. The van der Waals surface area contributed by atoms with Crippen molar-refractivity contribution in [3.63, 3.8) is 0 Å². The van der Waals surface area contributed by atoms with Gasteiger partial charge in [-0.3, -0.25) is 4.79 Å². The van der Waals surface area contributed by atoms with Crippen molar-refractivity contribution in [1.82, 2.24) is 15.2 Å². The maximum absolute atomic E-state index is 13.1. The summed E-state index contributed by atoms with van der Waals surface area (Å²) in [6.45, 7) is 2.97. The van der Waals surface area contributed by atoms with E-state index in [1.807, 2.05) is 6.92 Å². The Hall–Kier alpha value is -2.72. The average Bonchev–Trinajstić information content (AvgIpc) is 3.47. The van der Waals surface area contributed by atoms with Gasteiger partial charge in [0.15, 0.2) is 23.0 Å². The highest BCUT2D eigenvalue weighted by Gasteiger charge is 2.30. The molecule has 1 aliphatic carbocycles. The van der Waals surface area contributed by atoms with Crippen LogP contribution in [0.3, 0.4) is 0 Å². The summed E-state index contributed by atoms with van der Waals surface area (Å²) in [7, 11) is 0. The van der Waals surface area contributed by atoms with Crippen LogP contribution >= 0.6 is 0 Å². The first-order chi connectivity index (χ1) is 15.3. The molecule has 1 amide bonds. The molecule has 10 heteroatoms. The van der Waals surface area contributed by atoms with Crippen LogP contribution in [0.2, 0.25) is 0 Å². The topological polar surface area (TPSA) is 103 Å². The van der Waals surface area contributed by atoms with E-state index in [2.05, 4.69) is 15.0 Å². The molecule has 1 aromatic heterocycles. The van der Waals surface area contributed by atoms with Gasteiger partial charge in [0, 0.05) is 31.2 Å². The fourth-order valence-corrected chi connectivity index (χ4v) is 3.62. The van der Waals surface area contributed by atoms with Crippen LogP contribution in [0.15, 0.2) is 22.6 Å². The van der Waals surface area contributed by atoms with Gasteiger partial charge < -0.3 is 29.8 Å². The monoisotopic (exact) mass is 450 g/mol. The fraction of sp³-hybridized carbons (Fsp3) is 0.545. The summed E-state index contributed by atoms with van der Waals surface area (Å²) in [6.07, 6.45) is 2.11. The van der Waals surface area contributed by atoms with Crippen LogP contribution in [0.1, 0.15) is 49.0 Å². The van der Waals surface area contributed by atoms with E-state index in [-0.39, 0.29) is 40.8 Å². The standard InChI is InChI=1S/C22H28F2N4O4/c1-12-10-28(8-7-26-12)21(29)18-19(13(2)25)32-20(27-18)15-5-6-16(31-22(23)24)17(9-15)30-11-14-3-4-14/h5-6,9,12-14,22,26H,3-4,7-8,10-11,25H2,1-2H3. The fourth-order valence-electron chi connectivity index (χ4n) is 3.62. The van der Waals surface area contributed by atoms with Crippen molar-refractivity contribution in [1.29, 1.82) is 0 Å². The number of rotatable bonds is 8. The van der Waals surface area contributed by atoms with Gasteiger partial charge in [0.2, 0.25) is 5.89 Å². The molecule has 1 aliphatic heterocycles. The van der Waals surface area contributed by atoms with Gasteiger partial charge in [0.05, 0.1) is 12.6 Å². The molecule has 1 saturated carbocycles. The van der Waals surface area contributed by atoms with Crippen molar-refractivity contribution >= 4 is 5.91 Å². The molecule has 0 bridgehead atoms. The summed E-state index contributed by atoms with van der Waals surface area (Å²) in [5.74, 6) is 0.750. The molecule has 2 heterocycles. The third-order valence-electron chi connectivity index (χ3n) is 5.50. The lowest BCUT2D eigenvalue weighted by molar-refractivity contribution is -0.0515. The predicted molar refractivity (Wildman–Crippen MR) is 113 cm³/mol. The van der Waals surface area contributed by atoms with Gasteiger partial charge in [0.1, 0.15) is 0 Å². The molecule has 1 saturated heterocycles. The molecule has 0 spiro atoms. The summed E-state index contributed by atoms with van der Waals surface area (Å²) in [5, 5.41) is 3.29. The van der Waals surface area contributed by atoms with Crippen LogP contribution in [0.25, 0.3) is 11.5 Å². The number of hydrogen-bond donors (Lipinski definition) is 2. The first-order valence-corrected chi connectivity index (χ1v) is 10.8. The molecule has 4 rings (SSSR count). The van der Waals surface area contributed by atoms with E-state index in [0.717, 1.165) is 12.8 Å². The Labute approximate surface area is 185 Å². The Morgan fingerprint density at radius 1 is 1.38 bits per heavy atom. The van der Waals surface area contributed by atoms with Crippen molar-refractivity contribution in [2.75, 3.05) is 26.2 Å². The molecule has 2 aromatic rings. The van der Waals surface area contributed by atoms with Gasteiger partial charge in [-0.1, -0.05) is 0 Å². The number of nitrogens with one attached hydrogen (secondary N) is 1. The summed E-state index contributed by atoms with van der Waals surface area (Å²) in [6, 6.07) is 4.09. The minimum Gasteiger partial charge on any atom is -0.489 e. The van der Waals surface area contributed by atoms with Gasteiger partial charge in [-0.2, -0.15) is 8.78 Å². The van der Waals surface area contributed by atoms with E-state index in [0.29, 0.717) is 37.7 Å². The first-order valence-electron chi connectivity index (χ1n) is 10.8. The first kappa shape index (κ1) is 22.5. The molecule has 0 radical (unpaired) electrons. The number of benzene rings is 1. The minimum atomic E-state index is -2.97. The summed E-state index contributed by atoms with van der Waals surface area (Å²) in [5.41, 5.74) is 6.70. The lowest BCUT2D eigenvalue weighted by Gasteiger charge is -2.31. The van der Waals surface area contributed by atoms with Gasteiger partial charge in [-0.15, -0.1) is 0 Å². The number of nitrogens with zero attached hydrogens (tertiary/aromatic N) is 2. The third-order valence-corrected chi connectivity index (χ3v) is 5.50. The van der Waals surface area contributed by atoms with E-state index in [1.54, 1.807) is 17.9 Å². The molecule has 2 unspecified atom stereocenters. The molecule has 3 N–H and O–H groups in total. The Bertz CT molecular complexity index is 961. The number of carbonyl (C=O) groups is 1. The largest absolute Gasteiger partial charge is 0.489 e. The van der Waals surface area contributed by atoms with Crippen molar-refractivity contribution in [2.45, 2.75) is 45.4 Å². The number of ether oxygens (including phenoxy) is 2. The molecule has 1 aromatic carbocycles. The summed E-state index contributed by atoms with van der Waals surface area (Å²) in [4.78, 5) is 19.3. The van der Waals surface area contributed by atoms with Gasteiger partial charge >= 0.3 is 6.61 Å². The number of carbonyl (C=O) groups excluding carboxylic acids is 1. The van der Waals surface area contributed by atoms with E-state index in [1.165, 1.54) is 12.1 Å². The van der Waals surface area contributed by atoms with E-state index in [9.17, 15) is 13.6 Å². The number of hydrogen-bond acceptors (Lipinski definition) is 7. The second kappa shape index (κ2) is 9.41. The highest BCUT2D eigenvalue weighted by molar-refractivity contribution is 5.94. The smallest absolute Gasteiger partial charge is 0.387 e. The Morgan fingerprint density at radius 3 is 2.81 bits per heavy atom. The maximum Gasteiger partial charge on any atom is 0.387 e. The van der Waals surface area contributed by atoms with Crippen LogP contribution in [0.4, 0.5) is 8.78 Å². The number of oxazole rings is 1. The summed E-state index contributed by atoms with van der Waals surface area (Å²) >= 11 is 0. The number of aromatic nitrogens is 1. The zero-order valence-corrected chi connectivity index (χ0v) is 18.1. The number of piperazine rings is 1. The second-order valence-electron chi connectivity index (χ2n) is 8.42. The molecule has 174 valence electrons. The molecule has 32 heavy (non-hydrogen) atoms. The Balaban J connectivity index is 1.64. The molecule has 2 aliphatic rings. The van der Waals surface area contributed by atoms with E-state index < -0.39 is 12.7 Å². The van der Waals surface area contributed by atoms with Gasteiger partial charge in [-0.25, -0.2) is 4.98 Å². The van der Waals surface area contributed by atoms with E-state index in [4.69, 9.17) is 14.9 Å². The normalized spacial score (nSPS) is 19.8. The molecule has 8 nitrogen and oxygen atoms in total. The second-order valence-corrected chi connectivity index (χ2v) is 8.42. The minimum absolute atomic E-state index is 0.0607. The quantitative estimate of drug-likeness (QED) is 0.637. The highest BCUT2D eigenvalue weighted by Crippen LogP contribution is 2.37. The highest BCUT2D eigenvalue weighted by atomic mass is 19.3. The lowest BCUT2D eigenvalue weighted by atomic mass is 10.1. The van der Waals surface area contributed by atoms with Gasteiger partial charge in [0.25, 0.3) is 5.91 Å². The van der Waals surface area contributed by atoms with E-state index >= 15 is 0 Å². The van der Waals surface area contributed by atoms with Crippen LogP contribution < -0.4 is 20.5 Å². The third kappa shape index (κ3) is 5.18. The number of alkyl halides is 2. The maximum atomic E-state index is 13.1. The van der Waals surface area contributed by atoms with Crippen LogP contribution in [0, 0.1) is 5.92 Å². The van der Waals surface area contributed by atoms with Crippen LogP contribution in [-0.2, 0) is 0 Å². The number of amides is 1. The van der Waals surface area contributed by atoms with Gasteiger partial charge in [-0.05, 0) is 50.8 Å². The molecular weight excluding hydrogens is 422 g/mol. The SMILES string of the molecule is CC1CN(C(=O)c2nc(-c3ccc(OC(F)F)c(OCC4CC4)c3)oc2C(C)N)CCN1. The number of halogens is 2. The molecule has 2 atom stereocenters. The van der Waals surface area contributed by atoms with Crippen molar-refractivity contribution in [2.24, 2.45) is 11.7 Å². The van der Waals surface area contributed by atoms with Crippen molar-refractivity contribution < 1.29 is 27.5 Å². The Kier molecular flexibility index (Phi) is 6.61. The predicted octanol–water partition coefficient (Wildman–Crippen LogP) is 3.19. The lowest BCUT2D eigenvalue weighted by Crippen LogP contribution is -2.51. The van der Waals surface area contributed by atoms with Crippen LogP contribution in [0.5, 0.6) is 11.5 Å². The Morgan fingerprint density at radius 2 is 2.16 bits per heavy atom. The van der Waals surface area contributed by atoms with Crippen molar-refractivity contribution in [3.8, 4) is 23.0 Å². The molecule has 2 fully saturated rings. The molecular formula is C22H28F2N4O4.